The third kappa shape index (κ3) is 3.91. The van der Waals surface area contributed by atoms with Crippen molar-refractivity contribution in [1.29, 1.82) is 0 Å². The highest BCUT2D eigenvalue weighted by Gasteiger charge is 2.53. The van der Waals surface area contributed by atoms with Crippen molar-refractivity contribution in [2.75, 3.05) is 18.6 Å². The number of benzene rings is 1. The van der Waals surface area contributed by atoms with E-state index in [1.165, 1.54) is 4.90 Å². The van der Waals surface area contributed by atoms with Crippen LogP contribution in [0.5, 0.6) is 5.75 Å². The standard InChI is InChI=1S/C26H28N2O6S/c1-5-33-25(31)23-14(3)27-26(35-23)28-20(15-7-9-16(32-4)10-8-15)19-21(29)17-12-13(2)6-11-18(17)34-22(19)24(28)30/h7-10,13,17-18,20H,5-6,11-12H2,1-4H3. The van der Waals surface area contributed by atoms with Gasteiger partial charge in [0, 0.05) is 0 Å². The molecule has 5 rings (SSSR count). The van der Waals surface area contributed by atoms with Crippen LogP contribution in [0.25, 0.3) is 0 Å². The molecule has 1 aliphatic carbocycles. The summed E-state index contributed by atoms with van der Waals surface area (Å²) in [5.74, 6) is 0.0183. The Labute approximate surface area is 207 Å². The molecule has 0 N–H and O–H groups in total. The average molecular weight is 497 g/mol. The molecule has 2 aliphatic heterocycles. The van der Waals surface area contributed by atoms with E-state index in [1.807, 2.05) is 12.1 Å². The van der Waals surface area contributed by atoms with Gasteiger partial charge >= 0.3 is 5.97 Å². The lowest BCUT2D eigenvalue weighted by Crippen LogP contribution is -2.41. The van der Waals surface area contributed by atoms with Crippen molar-refractivity contribution < 1.29 is 28.6 Å². The van der Waals surface area contributed by atoms with E-state index in [2.05, 4.69) is 11.9 Å². The predicted molar refractivity (Wildman–Crippen MR) is 129 cm³/mol. The molecule has 1 saturated carbocycles. The number of aromatic nitrogens is 1. The second-order valence-corrected chi connectivity index (χ2v) is 10.2. The summed E-state index contributed by atoms with van der Waals surface area (Å²) in [6.45, 7) is 5.83. The minimum atomic E-state index is -0.699. The van der Waals surface area contributed by atoms with Crippen molar-refractivity contribution >= 4 is 34.1 Å². The van der Waals surface area contributed by atoms with Gasteiger partial charge in [-0.25, -0.2) is 9.78 Å². The van der Waals surface area contributed by atoms with Gasteiger partial charge in [0.25, 0.3) is 5.91 Å². The zero-order chi connectivity index (χ0) is 24.9. The molecule has 35 heavy (non-hydrogen) atoms. The second kappa shape index (κ2) is 9.11. The number of fused-ring (bicyclic) bond motifs is 1. The highest BCUT2D eigenvalue weighted by molar-refractivity contribution is 7.17. The van der Waals surface area contributed by atoms with Crippen LogP contribution >= 0.6 is 11.3 Å². The Morgan fingerprint density at radius 3 is 2.66 bits per heavy atom. The predicted octanol–water partition coefficient (Wildman–Crippen LogP) is 4.38. The lowest BCUT2D eigenvalue weighted by Gasteiger charge is -2.37. The SMILES string of the molecule is CCOC(=O)c1sc(N2C(=O)C3=C(C(=O)C4CC(C)CCC4O3)C2c2ccc(OC)cc2)nc1C. The van der Waals surface area contributed by atoms with E-state index in [4.69, 9.17) is 14.2 Å². The summed E-state index contributed by atoms with van der Waals surface area (Å²) >= 11 is 1.09. The maximum absolute atomic E-state index is 13.8. The molecule has 9 heteroatoms. The van der Waals surface area contributed by atoms with Crippen LogP contribution in [0.3, 0.4) is 0 Å². The van der Waals surface area contributed by atoms with E-state index in [0.29, 0.717) is 32.9 Å². The van der Waals surface area contributed by atoms with E-state index in [1.54, 1.807) is 33.1 Å². The average Bonchev–Trinajstić information content (AvgIpc) is 3.37. The number of amides is 1. The van der Waals surface area contributed by atoms with Gasteiger partial charge in [0.1, 0.15) is 16.7 Å². The Morgan fingerprint density at radius 1 is 1.23 bits per heavy atom. The quantitative estimate of drug-likeness (QED) is 0.567. The first-order chi connectivity index (χ1) is 16.8. The van der Waals surface area contributed by atoms with Gasteiger partial charge in [-0.3, -0.25) is 14.5 Å². The summed E-state index contributed by atoms with van der Waals surface area (Å²) in [5.41, 5.74) is 1.60. The number of anilines is 1. The summed E-state index contributed by atoms with van der Waals surface area (Å²) in [4.78, 5) is 46.4. The molecule has 2 aromatic rings. The monoisotopic (exact) mass is 496 g/mol. The molecule has 184 valence electrons. The third-order valence-electron chi connectivity index (χ3n) is 6.99. The maximum atomic E-state index is 13.8. The number of esters is 1. The molecule has 0 saturated heterocycles. The van der Waals surface area contributed by atoms with Crippen LogP contribution in [-0.4, -0.2) is 42.5 Å². The van der Waals surface area contributed by atoms with Crippen molar-refractivity contribution in [3.63, 3.8) is 0 Å². The molecule has 3 heterocycles. The number of ether oxygens (including phenoxy) is 3. The lowest BCUT2D eigenvalue weighted by molar-refractivity contribution is -0.132. The van der Waals surface area contributed by atoms with Crippen LogP contribution in [0.4, 0.5) is 5.13 Å². The number of rotatable bonds is 5. The van der Waals surface area contributed by atoms with E-state index < -0.39 is 17.9 Å². The van der Waals surface area contributed by atoms with E-state index in [0.717, 1.165) is 36.2 Å². The molecule has 0 radical (unpaired) electrons. The van der Waals surface area contributed by atoms with Gasteiger partial charge < -0.3 is 14.2 Å². The Kier molecular flexibility index (Phi) is 6.13. The molecule has 8 nitrogen and oxygen atoms in total. The van der Waals surface area contributed by atoms with Crippen molar-refractivity contribution in [1.82, 2.24) is 4.98 Å². The zero-order valence-corrected chi connectivity index (χ0v) is 21.0. The van der Waals surface area contributed by atoms with Crippen molar-refractivity contribution in [3.05, 3.63) is 51.7 Å². The number of Topliss-reactive ketones (excluding diaryl/α,β-unsaturated/α-hetero) is 1. The first-order valence-electron chi connectivity index (χ1n) is 11.9. The molecular weight excluding hydrogens is 468 g/mol. The van der Waals surface area contributed by atoms with Crippen LogP contribution in [-0.2, 0) is 19.1 Å². The summed E-state index contributed by atoms with van der Waals surface area (Å²) in [6, 6.07) is 6.58. The number of ketones is 1. The smallest absolute Gasteiger partial charge is 0.350 e. The van der Waals surface area contributed by atoms with Crippen LogP contribution in [0.15, 0.2) is 35.6 Å². The zero-order valence-electron chi connectivity index (χ0n) is 20.2. The Bertz CT molecular complexity index is 1220. The first-order valence-corrected chi connectivity index (χ1v) is 12.7. The molecule has 1 aromatic carbocycles. The van der Waals surface area contributed by atoms with E-state index in [-0.39, 0.29) is 30.2 Å². The van der Waals surface area contributed by atoms with Gasteiger partial charge in [-0.15, -0.1) is 0 Å². The number of methoxy groups -OCH3 is 1. The highest BCUT2D eigenvalue weighted by atomic mass is 32.1. The fraction of sp³-hybridized carbons (Fsp3) is 0.462. The normalized spacial score (nSPS) is 25.8. The summed E-state index contributed by atoms with van der Waals surface area (Å²) in [6.07, 6.45) is 2.17. The van der Waals surface area contributed by atoms with Gasteiger partial charge in [-0.1, -0.05) is 30.4 Å². The van der Waals surface area contributed by atoms with Crippen LogP contribution in [0.1, 0.15) is 60.1 Å². The van der Waals surface area contributed by atoms with Gasteiger partial charge in [-0.05, 0) is 56.7 Å². The highest BCUT2D eigenvalue weighted by Crippen LogP contribution is 2.49. The number of carbonyl (C=O) groups is 3. The molecule has 4 atom stereocenters. The number of thiazole rings is 1. The van der Waals surface area contributed by atoms with Crippen LogP contribution < -0.4 is 9.64 Å². The van der Waals surface area contributed by atoms with Crippen molar-refractivity contribution in [2.24, 2.45) is 11.8 Å². The lowest BCUT2D eigenvalue weighted by atomic mass is 9.74. The summed E-state index contributed by atoms with van der Waals surface area (Å²) in [5, 5.41) is 0.332. The van der Waals surface area contributed by atoms with E-state index in [9.17, 15) is 14.4 Å². The number of hydrogen-bond acceptors (Lipinski definition) is 8. The summed E-state index contributed by atoms with van der Waals surface area (Å²) in [7, 11) is 1.58. The minimum Gasteiger partial charge on any atom is -0.497 e. The number of nitrogens with zero attached hydrogens (tertiary/aromatic N) is 2. The maximum Gasteiger partial charge on any atom is 0.350 e. The third-order valence-corrected chi connectivity index (χ3v) is 8.13. The minimum absolute atomic E-state index is 0.0293. The molecule has 4 unspecified atom stereocenters. The Hall–Kier alpha value is -3.20. The van der Waals surface area contributed by atoms with Crippen LogP contribution in [0, 0.1) is 18.8 Å². The second-order valence-electron chi connectivity index (χ2n) is 9.27. The topological polar surface area (TPSA) is 95.0 Å². The molecular formula is C26H28N2O6S. The Balaban J connectivity index is 1.61. The Morgan fingerprint density at radius 2 is 1.97 bits per heavy atom. The fourth-order valence-electron chi connectivity index (χ4n) is 5.25. The van der Waals surface area contributed by atoms with E-state index >= 15 is 0 Å². The molecule has 1 aromatic heterocycles. The van der Waals surface area contributed by atoms with Gasteiger partial charge in [-0.2, -0.15) is 0 Å². The van der Waals surface area contributed by atoms with Gasteiger partial charge in [0.2, 0.25) is 0 Å². The summed E-state index contributed by atoms with van der Waals surface area (Å²) < 4.78 is 16.7. The van der Waals surface area contributed by atoms with Gasteiger partial charge in [0.15, 0.2) is 16.7 Å². The number of carbonyl (C=O) groups excluding carboxylic acids is 3. The first kappa shape index (κ1) is 23.5. The van der Waals surface area contributed by atoms with Gasteiger partial charge in [0.05, 0.1) is 36.9 Å². The van der Waals surface area contributed by atoms with Crippen LogP contribution in [0.2, 0.25) is 0 Å². The molecule has 0 bridgehead atoms. The molecule has 1 fully saturated rings. The number of hydrogen-bond donors (Lipinski definition) is 0. The number of aryl methyl sites for hydroxylation is 1. The van der Waals surface area contributed by atoms with Crippen molar-refractivity contribution in [3.8, 4) is 5.75 Å². The largest absolute Gasteiger partial charge is 0.497 e. The molecule has 1 amide bonds. The molecule has 0 spiro atoms. The van der Waals surface area contributed by atoms with Crippen molar-refractivity contribution in [2.45, 2.75) is 52.2 Å². The molecule has 3 aliphatic rings. The fourth-order valence-corrected chi connectivity index (χ4v) is 6.23.